The molecule has 1 rings (SSSR count). The van der Waals surface area contributed by atoms with E-state index in [4.69, 9.17) is 9.47 Å². The lowest BCUT2D eigenvalue weighted by atomic mass is 9.80. The molecule has 0 heterocycles. The SMILES string of the molecule is COCOC(C1CCC(=O)C1)C(C)(C)C. The van der Waals surface area contributed by atoms with Gasteiger partial charge in [0.15, 0.2) is 0 Å². The van der Waals surface area contributed by atoms with Gasteiger partial charge in [0, 0.05) is 20.0 Å². The molecular weight excluding hydrogens is 192 g/mol. The Morgan fingerprint density at radius 1 is 1.47 bits per heavy atom. The zero-order valence-electron chi connectivity index (χ0n) is 10.2. The van der Waals surface area contributed by atoms with E-state index in [-0.39, 0.29) is 11.5 Å². The largest absolute Gasteiger partial charge is 0.359 e. The first-order valence-electron chi connectivity index (χ1n) is 5.57. The minimum Gasteiger partial charge on any atom is -0.359 e. The summed E-state index contributed by atoms with van der Waals surface area (Å²) in [4.78, 5) is 11.3. The van der Waals surface area contributed by atoms with Gasteiger partial charge in [-0.1, -0.05) is 20.8 Å². The number of Topliss-reactive ketones (excluding diaryl/α,β-unsaturated/α-hetero) is 1. The van der Waals surface area contributed by atoms with Crippen LogP contribution in [0, 0.1) is 11.3 Å². The van der Waals surface area contributed by atoms with E-state index in [9.17, 15) is 4.79 Å². The number of ether oxygens (including phenoxy) is 2. The second kappa shape index (κ2) is 5.08. The maximum Gasteiger partial charge on any atom is 0.146 e. The van der Waals surface area contributed by atoms with Crippen molar-refractivity contribution >= 4 is 5.78 Å². The molecule has 0 bridgehead atoms. The van der Waals surface area contributed by atoms with E-state index in [0.717, 1.165) is 6.42 Å². The molecule has 0 aromatic heterocycles. The topological polar surface area (TPSA) is 35.5 Å². The summed E-state index contributed by atoms with van der Waals surface area (Å²) < 4.78 is 10.7. The summed E-state index contributed by atoms with van der Waals surface area (Å²) in [6.07, 6.45) is 2.47. The standard InChI is InChI=1S/C12H22O3/c1-12(2,3)11(15-8-14-4)9-5-6-10(13)7-9/h9,11H,5-8H2,1-4H3. The third-order valence-electron chi connectivity index (χ3n) is 2.93. The molecule has 0 N–H and O–H groups in total. The zero-order chi connectivity index (χ0) is 11.5. The van der Waals surface area contributed by atoms with Crippen LogP contribution in [0.5, 0.6) is 0 Å². The van der Waals surface area contributed by atoms with Gasteiger partial charge in [-0.2, -0.15) is 0 Å². The Hall–Kier alpha value is -0.410. The van der Waals surface area contributed by atoms with Crippen LogP contribution in [0.3, 0.4) is 0 Å². The average molecular weight is 214 g/mol. The highest BCUT2D eigenvalue weighted by atomic mass is 16.7. The lowest BCUT2D eigenvalue weighted by Gasteiger charge is -2.34. The third kappa shape index (κ3) is 3.58. The summed E-state index contributed by atoms with van der Waals surface area (Å²) >= 11 is 0. The molecule has 0 amide bonds. The van der Waals surface area contributed by atoms with Crippen molar-refractivity contribution in [1.29, 1.82) is 0 Å². The maximum atomic E-state index is 11.3. The van der Waals surface area contributed by atoms with E-state index in [2.05, 4.69) is 20.8 Å². The van der Waals surface area contributed by atoms with Crippen LogP contribution in [-0.2, 0) is 14.3 Å². The smallest absolute Gasteiger partial charge is 0.146 e. The van der Waals surface area contributed by atoms with Crippen LogP contribution in [0.15, 0.2) is 0 Å². The zero-order valence-corrected chi connectivity index (χ0v) is 10.2. The first kappa shape index (κ1) is 12.7. The minimum atomic E-state index is 0.0633. The van der Waals surface area contributed by atoms with E-state index in [0.29, 0.717) is 31.3 Å². The summed E-state index contributed by atoms with van der Waals surface area (Å²) in [5.74, 6) is 0.739. The van der Waals surface area contributed by atoms with Gasteiger partial charge in [0.2, 0.25) is 0 Å². The van der Waals surface area contributed by atoms with Crippen molar-refractivity contribution < 1.29 is 14.3 Å². The van der Waals surface area contributed by atoms with Crippen molar-refractivity contribution in [3.8, 4) is 0 Å². The van der Waals surface area contributed by atoms with Gasteiger partial charge in [0.05, 0.1) is 6.10 Å². The molecule has 0 radical (unpaired) electrons. The van der Waals surface area contributed by atoms with Crippen LogP contribution in [0.1, 0.15) is 40.0 Å². The predicted octanol–water partition coefficient (Wildman–Crippen LogP) is 2.39. The lowest BCUT2D eigenvalue weighted by molar-refractivity contribution is -0.131. The van der Waals surface area contributed by atoms with Gasteiger partial charge in [-0.15, -0.1) is 0 Å². The summed E-state index contributed by atoms with van der Waals surface area (Å²) in [5, 5.41) is 0. The molecular formula is C12H22O3. The molecule has 88 valence electrons. The first-order valence-corrected chi connectivity index (χ1v) is 5.57. The highest BCUT2D eigenvalue weighted by molar-refractivity contribution is 5.80. The number of ketones is 1. The predicted molar refractivity (Wildman–Crippen MR) is 58.6 cm³/mol. The van der Waals surface area contributed by atoms with E-state index in [1.54, 1.807) is 7.11 Å². The Bertz CT molecular complexity index is 217. The summed E-state index contributed by atoms with van der Waals surface area (Å²) in [7, 11) is 1.62. The Morgan fingerprint density at radius 3 is 2.53 bits per heavy atom. The van der Waals surface area contributed by atoms with Crippen molar-refractivity contribution in [3.05, 3.63) is 0 Å². The number of hydrogen-bond acceptors (Lipinski definition) is 3. The minimum absolute atomic E-state index is 0.0633. The fourth-order valence-electron chi connectivity index (χ4n) is 2.34. The van der Waals surface area contributed by atoms with Gasteiger partial charge in [-0.25, -0.2) is 0 Å². The van der Waals surface area contributed by atoms with Crippen LogP contribution in [0.2, 0.25) is 0 Å². The third-order valence-corrected chi connectivity index (χ3v) is 2.93. The number of rotatable bonds is 4. The van der Waals surface area contributed by atoms with Gasteiger partial charge in [0.25, 0.3) is 0 Å². The summed E-state index contributed by atoms with van der Waals surface area (Å²) in [6.45, 7) is 6.76. The van der Waals surface area contributed by atoms with Crippen LogP contribution in [0.25, 0.3) is 0 Å². The fourth-order valence-corrected chi connectivity index (χ4v) is 2.34. The van der Waals surface area contributed by atoms with Gasteiger partial charge in [0.1, 0.15) is 12.6 Å². The van der Waals surface area contributed by atoms with Crippen molar-refractivity contribution in [1.82, 2.24) is 0 Å². The van der Waals surface area contributed by atoms with Crippen LogP contribution in [-0.4, -0.2) is 25.8 Å². The molecule has 0 spiro atoms. The lowest BCUT2D eigenvalue weighted by Crippen LogP contribution is -2.36. The van der Waals surface area contributed by atoms with E-state index in [1.165, 1.54) is 0 Å². The van der Waals surface area contributed by atoms with Crippen molar-refractivity contribution in [2.45, 2.75) is 46.1 Å². The van der Waals surface area contributed by atoms with Gasteiger partial charge < -0.3 is 9.47 Å². The van der Waals surface area contributed by atoms with Crippen molar-refractivity contribution in [3.63, 3.8) is 0 Å². The molecule has 0 aromatic rings. The van der Waals surface area contributed by atoms with E-state index < -0.39 is 0 Å². The fraction of sp³-hybridized carbons (Fsp3) is 0.917. The molecule has 2 unspecified atom stereocenters. The monoisotopic (exact) mass is 214 g/mol. The number of carbonyl (C=O) groups is 1. The molecule has 1 fully saturated rings. The van der Waals surface area contributed by atoms with Gasteiger partial charge in [-0.3, -0.25) is 4.79 Å². The molecule has 1 aliphatic rings. The molecule has 0 saturated heterocycles. The molecule has 1 saturated carbocycles. The van der Waals surface area contributed by atoms with Crippen molar-refractivity contribution in [2.75, 3.05) is 13.9 Å². The highest BCUT2D eigenvalue weighted by Crippen LogP contribution is 2.36. The Kier molecular flexibility index (Phi) is 4.29. The average Bonchev–Trinajstić information content (AvgIpc) is 2.50. The van der Waals surface area contributed by atoms with E-state index >= 15 is 0 Å². The second-order valence-electron chi connectivity index (χ2n) is 5.40. The molecule has 15 heavy (non-hydrogen) atoms. The number of hydrogen-bond donors (Lipinski definition) is 0. The molecule has 0 aliphatic heterocycles. The summed E-state index contributed by atoms with van der Waals surface area (Å²) in [5.41, 5.74) is 0.0633. The highest BCUT2D eigenvalue weighted by Gasteiger charge is 2.37. The molecule has 3 heteroatoms. The van der Waals surface area contributed by atoms with Crippen molar-refractivity contribution in [2.24, 2.45) is 11.3 Å². The number of carbonyl (C=O) groups excluding carboxylic acids is 1. The van der Waals surface area contributed by atoms with Crippen LogP contribution in [0.4, 0.5) is 0 Å². The second-order valence-corrected chi connectivity index (χ2v) is 5.40. The Morgan fingerprint density at radius 2 is 2.13 bits per heavy atom. The van der Waals surface area contributed by atoms with E-state index in [1.807, 2.05) is 0 Å². The molecule has 3 nitrogen and oxygen atoms in total. The normalized spacial score (nSPS) is 24.5. The molecule has 2 atom stereocenters. The Balaban J connectivity index is 2.59. The number of methoxy groups -OCH3 is 1. The Labute approximate surface area is 92.1 Å². The van der Waals surface area contributed by atoms with Gasteiger partial charge in [-0.05, 0) is 17.8 Å². The van der Waals surface area contributed by atoms with Crippen LogP contribution >= 0.6 is 0 Å². The summed E-state index contributed by atoms with van der Waals surface area (Å²) in [6, 6.07) is 0. The first-order chi connectivity index (χ1) is 6.95. The van der Waals surface area contributed by atoms with Gasteiger partial charge >= 0.3 is 0 Å². The quantitative estimate of drug-likeness (QED) is 0.674. The molecule has 1 aliphatic carbocycles. The van der Waals surface area contributed by atoms with Crippen LogP contribution < -0.4 is 0 Å². The molecule has 0 aromatic carbocycles. The maximum absolute atomic E-state index is 11.3.